The molecule has 2 rings (SSSR count). The lowest BCUT2D eigenvalue weighted by molar-refractivity contribution is 0.0993. The lowest BCUT2D eigenvalue weighted by atomic mass is 10.0. The fraction of sp³-hybridized carbons (Fsp3) is 0.133. The Bertz CT molecular complexity index is 532. The summed E-state index contributed by atoms with van der Waals surface area (Å²) in [7, 11) is 0. The first-order valence-corrected chi connectivity index (χ1v) is 6.29. The van der Waals surface area contributed by atoms with Gasteiger partial charge in [0.05, 0.1) is 0 Å². The van der Waals surface area contributed by atoms with E-state index in [1.807, 2.05) is 55.5 Å². The first-order chi connectivity index (χ1) is 8.16. The first kappa shape index (κ1) is 12.1. The van der Waals surface area contributed by atoms with Gasteiger partial charge in [0.25, 0.3) is 0 Å². The van der Waals surface area contributed by atoms with Gasteiger partial charge in [0.1, 0.15) is 0 Å². The molecule has 2 aromatic rings. The predicted octanol–water partition coefficient (Wildman–Crippen LogP) is 4.18. The van der Waals surface area contributed by atoms with Crippen LogP contribution < -0.4 is 0 Å². The summed E-state index contributed by atoms with van der Waals surface area (Å²) in [6.07, 6.45) is 0.460. The Balaban J connectivity index is 2.18. The molecular formula is C15H13BrO. The number of hydrogen-bond acceptors (Lipinski definition) is 1. The van der Waals surface area contributed by atoms with E-state index in [9.17, 15) is 4.79 Å². The molecule has 0 aliphatic carbocycles. The molecule has 0 spiro atoms. The molecule has 0 heterocycles. The summed E-state index contributed by atoms with van der Waals surface area (Å²) >= 11 is 3.43. The second-order valence-corrected chi connectivity index (χ2v) is 4.90. The maximum atomic E-state index is 12.1. The number of ketones is 1. The van der Waals surface area contributed by atoms with E-state index < -0.39 is 0 Å². The topological polar surface area (TPSA) is 17.1 Å². The number of benzene rings is 2. The molecule has 2 heteroatoms. The number of hydrogen-bond donors (Lipinski definition) is 0. The third kappa shape index (κ3) is 3.04. The van der Waals surface area contributed by atoms with Gasteiger partial charge in [-0.15, -0.1) is 0 Å². The van der Waals surface area contributed by atoms with Crippen molar-refractivity contribution in [2.45, 2.75) is 13.3 Å². The van der Waals surface area contributed by atoms with Gasteiger partial charge < -0.3 is 0 Å². The molecule has 0 fully saturated rings. The maximum absolute atomic E-state index is 12.1. The molecular weight excluding hydrogens is 276 g/mol. The third-order valence-electron chi connectivity index (χ3n) is 2.69. The van der Waals surface area contributed by atoms with Crippen molar-refractivity contribution >= 4 is 21.7 Å². The number of aryl methyl sites for hydroxylation is 1. The molecule has 1 nitrogen and oxygen atoms in total. The molecule has 0 aliphatic rings. The third-order valence-corrected chi connectivity index (χ3v) is 3.58. The van der Waals surface area contributed by atoms with Crippen LogP contribution in [0, 0.1) is 6.92 Å². The van der Waals surface area contributed by atoms with Crippen LogP contribution in [0.15, 0.2) is 53.0 Å². The Labute approximate surface area is 110 Å². The molecule has 17 heavy (non-hydrogen) atoms. The monoisotopic (exact) mass is 288 g/mol. The van der Waals surface area contributed by atoms with E-state index >= 15 is 0 Å². The van der Waals surface area contributed by atoms with Crippen molar-refractivity contribution in [2.75, 3.05) is 0 Å². The van der Waals surface area contributed by atoms with Gasteiger partial charge in [-0.25, -0.2) is 0 Å². The summed E-state index contributed by atoms with van der Waals surface area (Å²) < 4.78 is 1.04. The smallest absolute Gasteiger partial charge is 0.167 e. The van der Waals surface area contributed by atoms with Crippen LogP contribution in [-0.2, 0) is 6.42 Å². The van der Waals surface area contributed by atoms with Gasteiger partial charge in [-0.3, -0.25) is 4.79 Å². The second kappa shape index (κ2) is 5.28. The second-order valence-electron chi connectivity index (χ2n) is 4.05. The van der Waals surface area contributed by atoms with Crippen LogP contribution in [-0.4, -0.2) is 5.78 Å². The molecule has 0 bridgehead atoms. The predicted molar refractivity (Wildman–Crippen MR) is 73.4 cm³/mol. The Morgan fingerprint density at radius 1 is 1.12 bits per heavy atom. The van der Waals surface area contributed by atoms with Crippen molar-refractivity contribution in [2.24, 2.45) is 0 Å². The number of Topliss-reactive ketones (excluding diaryl/α,β-unsaturated/α-hetero) is 1. The quantitative estimate of drug-likeness (QED) is 0.775. The highest BCUT2D eigenvalue weighted by Gasteiger charge is 2.07. The van der Waals surface area contributed by atoms with Crippen molar-refractivity contribution < 1.29 is 4.79 Å². The Morgan fingerprint density at radius 3 is 2.47 bits per heavy atom. The van der Waals surface area contributed by atoms with Gasteiger partial charge >= 0.3 is 0 Å². The fourth-order valence-corrected chi connectivity index (χ4v) is 1.95. The van der Waals surface area contributed by atoms with Crippen LogP contribution in [0.1, 0.15) is 21.5 Å². The molecule has 0 saturated carbocycles. The van der Waals surface area contributed by atoms with Gasteiger partial charge in [-0.1, -0.05) is 52.3 Å². The van der Waals surface area contributed by atoms with Gasteiger partial charge in [-0.2, -0.15) is 0 Å². The summed E-state index contributed by atoms with van der Waals surface area (Å²) in [5.74, 6) is 0.159. The van der Waals surface area contributed by atoms with E-state index in [1.165, 1.54) is 0 Å². The number of carbonyl (C=O) groups excluding carboxylic acids is 1. The lowest BCUT2D eigenvalue weighted by Gasteiger charge is -2.04. The zero-order chi connectivity index (χ0) is 12.3. The van der Waals surface area contributed by atoms with E-state index in [2.05, 4.69) is 15.9 Å². The van der Waals surface area contributed by atoms with Crippen LogP contribution >= 0.6 is 15.9 Å². The van der Waals surface area contributed by atoms with Gasteiger partial charge in [0, 0.05) is 16.5 Å². The molecule has 0 N–H and O–H groups in total. The highest BCUT2D eigenvalue weighted by atomic mass is 79.9. The Kier molecular flexibility index (Phi) is 3.75. The zero-order valence-corrected chi connectivity index (χ0v) is 11.2. The average Bonchev–Trinajstić information content (AvgIpc) is 2.34. The maximum Gasteiger partial charge on any atom is 0.167 e. The van der Waals surface area contributed by atoms with Crippen molar-refractivity contribution in [3.05, 3.63) is 69.7 Å². The van der Waals surface area contributed by atoms with Crippen LogP contribution in [0.2, 0.25) is 0 Å². The minimum atomic E-state index is 0.159. The van der Waals surface area contributed by atoms with E-state index in [-0.39, 0.29) is 5.78 Å². The summed E-state index contributed by atoms with van der Waals surface area (Å²) in [5, 5.41) is 0. The van der Waals surface area contributed by atoms with Crippen molar-refractivity contribution in [1.29, 1.82) is 0 Å². The van der Waals surface area contributed by atoms with Crippen LogP contribution in [0.25, 0.3) is 0 Å². The van der Waals surface area contributed by atoms with Crippen molar-refractivity contribution in [1.82, 2.24) is 0 Å². The largest absolute Gasteiger partial charge is 0.294 e. The summed E-state index contributed by atoms with van der Waals surface area (Å²) in [4.78, 5) is 12.1. The summed E-state index contributed by atoms with van der Waals surface area (Å²) in [5.41, 5.74) is 2.91. The van der Waals surface area contributed by atoms with E-state index in [0.717, 1.165) is 21.2 Å². The molecule has 0 unspecified atom stereocenters. The molecule has 0 amide bonds. The number of carbonyl (C=O) groups is 1. The molecule has 2 aromatic carbocycles. The summed E-state index contributed by atoms with van der Waals surface area (Å²) in [6.45, 7) is 1.99. The van der Waals surface area contributed by atoms with Crippen LogP contribution in [0.4, 0.5) is 0 Å². The zero-order valence-electron chi connectivity index (χ0n) is 9.61. The molecule has 0 radical (unpaired) electrons. The van der Waals surface area contributed by atoms with Crippen molar-refractivity contribution in [3.8, 4) is 0 Å². The Hall–Kier alpha value is -1.41. The SMILES string of the molecule is Cc1cc(C(=O)Cc2ccccc2)ccc1Br. The minimum absolute atomic E-state index is 0.159. The molecule has 0 saturated heterocycles. The van der Waals surface area contributed by atoms with E-state index in [1.54, 1.807) is 0 Å². The fourth-order valence-electron chi connectivity index (χ4n) is 1.70. The standard InChI is InChI=1S/C15H13BrO/c1-11-9-13(7-8-14(11)16)15(17)10-12-5-3-2-4-6-12/h2-9H,10H2,1H3. The number of halogens is 1. The molecule has 86 valence electrons. The van der Waals surface area contributed by atoms with Gasteiger partial charge in [0.2, 0.25) is 0 Å². The first-order valence-electron chi connectivity index (χ1n) is 5.50. The highest BCUT2D eigenvalue weighted by Crippen LogP contribution is 2.18. The minimum Gasteiger partial charge on any atom is -0.294 e. The molecule has 0 atom stereocenters. The van der Waals surface area contributed by atoms with Crippen LogP contribution in [0.5, 0.6) is 0 Å². The average molecular weight is 289 g/mol. The molecule has 0 aromatic heterocycles. The summed E-state index contributed by atoms with van der Waals surface area (Å²) in [6, 6.07) is 15.5. The lowest BCUT2D eigenvalue weighted by Crippen LogP contribution is -2.03. The van der Waals surface area contributed by atoms with E-state index in [4.69, 9.17) is 0 Å². The molecule has 0 aliphatic heterocycles. The number of rotatable bonds is 3. The van der Waals surface area contributed by atoms with Crippen LogP contribution in [0.3, 0.4) is 0 Å². The highest BCUT2D eigenvalue weighted by molar-refractivity contribution is 9.10. The van der Waals surface area contributed by atoms with Gasteiger partial charge in [-0.05, 0) is 30.2 Å². The normalized spacial score (nSPS) is 10.2. The van der Waals surface area contributed by atoms with Gasteiger partial charge in [0.15, 0.2) is 5.78 Å². The van der Waals surface area contributed by atoms with E-state index in [0.29, 0.717) is 6.42 Å². The Morgan fingerprint density at radius 2 is 1.82 bits per heavy atom. The van der Waals surface area contributed by atoms with Crippen molar-refractivity contribution in [3.63, 3.8) is 0 Å².